The van der Waals surface area contributed by atoms with Gasteiger partial charge in [0, 0.05) is 45.6 Å². The van der Waals surface area contributed by atoms with Crippen LogP contribution in [0.4, 0.5) is 8.78 Å². The van der Waals surface area contributed by atoms with E-state index in [9.17, 15) is 13.9 Å². The Morgan fingerprint density at radius 3 is 2.79 bits per heavy atom. The second-order valence-electron chi connectivity index (χ2n) is 7.20. The predicted molar refractivity (Wildman–Crippen MR) is 104 cm³/mol. The molecule has 3 atom stereocenters. The number of nitrogens with zero attached hydrogens (tertiary/aromatic N) is 1. The standard InChI is InChI=1S/C22H20ClF2NO2/c23-15-6-7-17(19(25)10-15)18-12-28-22(13-3-1-5-16(24)9-13)20(18)21(27)14-4-2-8-26-11-14/h2,4,6-8,10-13,16,21,27H,1,3,5,9H2. The highest BCUT2D eigenvalue weighted by Crippen LogP contribution is 2.44. The summed E-state index contributed by atoms with van der Waals surface area (Å²) in [5, 5.41) is 11.4. The van der Waals surface area contributed by atoms with Crippen molar-refractivity contribution in [3.8, 4) is 11.1 Å². The first-order valence-electron chi connectivity index (χ1n) is 9.33. The molecule has 1 saturated carbocycles. The van der Waals surface area contributed by atoms with Gasteiger partial charge in [0.2, 0.25) is 0 Å². The van der Waals surface area contributed by atoms with Crippen LogP contribution in [-0.4, -0.2) is 16.3 Å². The summed E-state index contributed by atoms with van der Waals surface area (Å²) in [5.74, 6) is -0.149. The van der Waals surface area contributed by atoms with Crippen LogP contribution in [0.15, 0.2) is 53.4 Å². The molecule has 0 spiro atoms. The van der Waals surface area contributed by atoms with Gasteiger partial charge in [0.25, 0.3) is 0 Å². The summed E-state index contributed by atoms with van der Waals surface area (Å²) in [7, 11) is 0. The summed E-state index contributed by atoms with van der Waals surface area (Å²) in [5.41, 5.74) is 1.76. The van der Waals surface area contributed by atoms with Crippen molar-refractivity contribution in [1.82, 2.24) is 4.98 Å². The highest BCUT2D eigenvalue weighted by Gasteiger charge is 2.32. The number of alkyl halides is 1. The van der Waals surface area contributed by atoms with Gasteiger partial charge in [-0.2, -0.15) is 0 Å². The summed E-state index contributed by atoms with van der Waals surface area (Å²) in [6.45, 7) is 0. The first-order valence-corrected chi connectivity index (χ1v) is 9.71. The van der Waals surface area contributed by atoms with Crippen molar-refractivity contribution < 1.29 is 18.3 Å². The minimum absolute atomic E-state index is 0.158. The first kappa shape index (κ1) is 19.1. The van der Waals surface area contributed by atoms with Gasteiger partial charge in [-0.1, -0.05) is 17.7 Å². The molecule has 1 fully saturated rings. The van der Waals surface area contributed by atoms with E-state index in [-0.39, 0.29) is 16.5 Å². The molecule has 0 saturated heterocycles. The van der Waals surface area contributed by atoms with Crippen LogP contribution >= 0.6 is 11.6 Å². The van der Waals surface area contributed by atoms with Gasteiger partial charge < -0.3 is 9.52 Å². The highest BCUT2D eigenvalue weighted by molar-refractivity contribution is 6.30. The van der Waals surface area contributed by atoms with E-state index in [0.29, 0.717) is 35.3 Å². The third-order valence-electron chi connectivity index (χ3n) is 5.34. The topological polar surface area (TPSA) is 46.3 Å². The lowest BCUT2D eigenvalue weighted by molar-refractivity contribution is 0.200. The van der Waals surface area contributed by atoms with Gasteiger partial charge in [-0.05, 0) is 49.9 Å². The van der Waals surface area contributed by atoms with Gasteiger partial charge >= 0.3 is 0 Å². The van der Waals surface area contributed by atoms with E-state index in [1.807, 2.05) is 0 Å². The van der Waals surface area contributed by atoms with Gasteiger partial charge in [-0.3, -0.25) is 4.98 Å². The van der Waals surface area contributed by atoms with Crippen molar-refractivity contribution in [2.24, 2.45) is 0 Å². The van der Waals surface area contributed by atoms with Crippen LogP contribution in [0.5, 0.6) is 0 Å². The number of aliphatic hydroxyl groups is 1. The van der Waals surface area contributed by atoms with E-state index >= 15 is 0 Å². The first-order chi connectivity index (χ1) is 13.5. The van der Waals surface area contributed by atoms with E-state index in [0.717, 1.165) is 12.8 Å². The lowest BCUT2D eigenvalue weighted by Gasteiger charge is -2.25. The van der Waals surface area contributed by atoms with Crippen LogP contribution < -0.4 is 0 Å². The number of hydrogen-bond acceptors (Lipinski definition) is 3. The Bertz CT molecular complexity index is 960. The van der Waals surface area contributed by atoms with E-state index < -0.39 is 18.1 Å². The van der Waals surface area contributed by atoms with Crippen molar-refractivity contribution >= 4 is 11.6 Å². The third-order valence-corrected chi connectivity index (χ3v) is 5.57. The summed E-state index contributed by atoms with van der Waals surface area (Å²) >= 11 is 5.88. The number of furan rings is 1. The van der Waals surface area contributed by atoms with E-state index in [1.54, 1.807) is 36.7 Å². The summed E-state index contributed by atoms with van der Waals surface area (Å²) in [6.07, 6.45) is 5.04. The largest absolute Gasteiger partial charge is 0.468 e. The van der Waals surface area contributed by atoms with Crippen molar-refractivity contribution in [2.75, 3.05) is 0 Å². The Morgan fingerprint density at radius 2 is 2.07 bits per heavy atom. The van der Waals surface area contributed by atoms with E-state index in [2.05, 4.69) is 4.98 Å². The van der Waals surface area contributed by atoms with Gasteiger partial charge in [-0.25, -0.2) is 8.78 Å². The molecule has 0 radical (unpaired) electrons. The molecule has 0 bridgehead atoms. The second kappa shape index (κ2) is 8.02. The zero-order valence-corrected chi connectivity index (χ0v) is 15.9. The summed E-state index contributed by atoms with van der Waals surface area (Å²) < 4.78 is 34.5. The van der Waals surface area contributed by atoms with Crippen LogP contribution in [0.1, 0.15) is 54.6 Å². The van der Waals surface area contributed by atoms with Crippen LogP contribution in [0.2, 0.25) is 5.02 Å². The molecular weight excluding hydrogens is 384 g/mol. The number of halogens is 3. The molecule has 1 aromatic carbocycles. The summed E-state index contributed by atoms with van der Waals surface area (Å²) in [6, 6.07) is 7.84. The fourth-order valence-electron chi connectivity index (χ4n) is 3.97. The molecule has 2 aromatic heterocycles. The zero-order valence-electron chi connectivity index (χ0n) is 15.1. The number of benzene rings is 1. The normalized spacial score (nSPS) is 20.9. The fraction of sp³-hybridized carbons (Fsp3) is 0.318. The van der Waals surface area contributed by atoms with Crippen LogP contribution in [0.25, 0.3) is 11.1 Å². The van der Waals surface area contributed by atoms with E-state index in [4.69, 9.17) is 16.0 Å². The van der Waals surface area contributed by atoms with E-state index in [1.165, 1.54) is 12.3 Å². The molecule has 3 aromatic rings. The Hall–Kier alpha value is -2.24. The van der Waals surface area contributed by atoms with Crippen molar-refractivity contribution in [1.29, 1.82) is 0 Å². The summed E-state index contributed by atoms with van der Waals surface area (Å²) in [4.78, 5) is 4.06. The molecule has 1 aliphatic carbocycles. The fourth-order valence-corrected chi connectivity index (χ4v) is 4.13. The molecule has 4 rings (SSSR count). The van der Waals surface area contributed by atoms with Gasteiger partial charge in [0.15, 0.2) is 0 Å². The minimum atomic E-state index is -1.06. The lowest BCUT2D eigenvalue weighted by atomic mass is 9.82. The predicted octanol–water partition coefficient (Wildman–Crippen LogP) is 6.21. The smallest absolute Gasteiger partial charge is 0.132 e. The number of hydrogen-bond donors (Lipinski definition) is 1. The Labute approximate surface area is 167 Å². The molecule has 0 amide bonds. The Kier molecular flexibility index (Phi) is 5.47. The number of aromatic nitrogens is 1. The van der Waals surface area contributed by atoms with Crippen LogP contribution in [0.3, 0.4) is 0 Å². The molecule has 2 heterocycles. The molecule has 6 heteroatoms. The zero-order chi connectivity index (χ0) is 19.7. The molecule has 28 heavy (non-hydrogen) atoms. The average molecular weight is 404 g/mol. The van der Waals surface area contributed by atoms with Crippen LogP contribution in [-0.2, 0) is 0 Å². The molecule has 0 aliphatic heterocycles. The molecule has 3 nitrogen and oxygen atoms in total. The van der Waals surface area contributed by atoms with Gasteiger partial charge in [-0.15, -0.1) is 0 Å². The van der Waals surface area contributed by atoms with Crippen molar-refractivity contribution in [2.45, 2.75) is 43.9 Å². The third kappa shape index (κ3) is 3.69. The minimum Gasteiger partial charge on any atom is -0.468 e. The van der Waals surface area contributed by atoms with Crippen molar-refractivity contribution in [3.05, 3.63) is 76.7 Å². The van der Waals surface area contributed by atoms with Crippen LogP contribution in [0, 0.1) is 5.82 Å². The van der Waals surface area contributed by atoms with Gasteiger partial charge in [0.05, 0.1) is 6.26 Å². The number of pyridine rings is 1. The lowest BCUT2D eigenvalue weighted by Crippen LogP contribution is -2.16. The van der Waals surface area contributed by atoms with Gasteiger partial charge in [0.1, 0.15) is 23.9 Å². The molecule has 146 valence electrons. The Morgan fingerprint density at radius 1 is 1.21 bits per heavy atom. The maximum atomic E-state index is 14.6. The highest BCUT2D eigenvalue weighted by atomic mass is 35.5. The molecule has 3 unspecified atom stereocenters. The quantitative estimate of drug-likeness (QED) is 0.563. The second-order valence-corrected chi connectivity index (χ2v) is 7.64. The van der Waals surface area contributed by atoms with Crippen molar-refractivity contribution in [3.63, 3.8) is 0 Å². The Balaban J connectivity index is 1.84. The molecule has 1 aliphatic rings. The molecule has 1 N–H and O–H groups in total. The maximum absolute atomic E-state index is 14.6. The monoisotopic (exact) mass is 403 g/mol. The number of rotatable bonds is 4. The average Bonchev–Trinajstić information content (AvgIpc) is 3.13. The molecular formula is C22H20ClF2NO2. The number of aliphatic hydroxyl groups excluding tert-OH is 1. The maximum Gasteiger partial charge on any atom is 0.132 e. The SMILES string of the molecule is OC(c1cccnc1)c1c(-c2ccc(Cl)cc2F)coc1C1CCCC(F)C1.